The van der Waals surface area contributed by atoms with Gasteiger partial charge in [0.15, 0.2) is 0 Å². The van der Waals surface area contributed by atoms with Gasteiger partial charge in [0.25, 0.3) is 0 Å². The molecule has 0 atom stereocenters. The quantitative estimate of drug-likeness (QED) is 0.794. The number of nitrogens with zero attached hydrogens (tertiary/aromatic N) is 2. The van der Waals surface area contributed by atoms with Gasteiger partial charge in [-0.1, -0.05) is 54.1 Å². The van der Waals surface area contributed by atoms with E-state index in [1.54, 1.807) is 0 Å². The minimum atomic E-state index is 0.583. The Bertz CT molecular complexity index is 709. The van der Waals surface area contributed by atoms with Crippen LogP contribution in [0.5, 0.6) is 0 Å². The van der Waals surface area contributed by atoms with Crippen molar-refractivity contribution in [3.8, 4) is 11.3 Å². The van der Waals surface area contributed by atoms with Crippen LogP contribution < -0.4 is 5.73 Å². The summed E-state index contributed by atoms with van der Waals surface area (Å²) in [5, 5.41) is 0. The first-order valence-electron chi connectivity index (χ1n) is 7.11. The third kappa shape index (κ3) is 3.03. The third-order valence-electron chi connectivity index (χ3n) is 3.67. The maximum atomic E-state index is 5.63. The van der Waals surface area contributed by atoms with E-state index in [1.165, 1.54) is 16.7 Å². The molecule has 1 heterocycles. The van der Waals surface area contributed by atoms with Gasteiger partial charge in [-0.15, -0.1) is 0 Å². The van der Waals surface area contributed by atoms with Crippen LogP contribution in [0.4, 0.5) is 0 Å². The molecule has 3 heteroatoms. The second-order valence-electron chi connectivity index (χ2n) is 5.29. The van der Waals surface area contributed by atoms with Crippen LogP contribution in [0.15, 0.2) is 61.1 Å². The van der Waals surface area contributed by atoms with Gasteiger partial charge in [0.1, 0.15) is 0 Å². The van der Waals surface area contributed by atoms with Crippen molar-refractivity contribution >= 4 is 0 Å². The van der Waals surface area contributed by atoms with Crippen molar-refractivity contribution < 1.29 is 0 Å². The number of rotatable bonds is 4. The van der Waals surface area contributed by atoms with E-state index >= 15 is 0 Å². The first kappa shape index (κ1) is 13.6. The molecule has 0 aliphatic heterocycles. The molecule has 0 saturated heterocycles. The van der Waals surface area contributed by atoms with Crippen LogP contribution in [0.25, 0.3) is 11.3 Å². The number of hydrogen-bond acceptors (Lipinski definition) is 2. The van der Waals surface area contributed by atoms with Crippen molar-refractivity contribution in [1.29, 1.82) is 0 Å². The molecule has 2 N–H and O–H groups in total. The summed E-state index contributed by atoms with van der Waals surface area (Å²) in [5.74, 6) is 0. The van der Waals surface area contributed by atoms with E-state index in [9.17, 15) is 0 Å². The van der Waals surface area contributed by atoms with Gasteiger partial charge in [-0.25, -0.2) is 4.98 Å². The Hall–Kier alpha value is -2.39. The lowest BCUT2D eigenvalue weighted by Crippen LogP contribution is -2.01. The van der Waals surface area contributed by atoms with Gasteiger partial charge in [0.05, 0.1) is 18.2 Å². The van der Waals surface area contributed by atoms with Crippen LogP contribution in [-0.4, -0.2) is 9.55 Å². The number of benzene rings is 2. The van der Waals surface area contributed by atoms with E-state index in [2.05, 4.69) is 65.0 Å². The highest BCUT2D eigenvalue weighted by Crippen LogP contribution is 2.20. The van der Waals surface area contributed by atoms with Crippen LogP contribution in [0.3, 0.4) is 0 Å². The van der Waals surface area contributed by atoms with Gasteiger partial charge in [0.2, 0.25) is 0 Å². The molecule has 2 aromatic carbocycles. The summed E-state index contributed by atoms with van der Waals surface area (Å²) >= 11 is 0. The average molecular weight is 277 g/mol. The molecule has 106 valence electrons. The Labute approximate surface area is 125 Å². The molecule has 3 aromatic rings. The molecule has 0 aliphatic rings. The summed E-state index contributed by atoms with van der Waals surface area (Å²) in [5.41, 5.74) is 11.6. The average Bonchev–Trinajstić information content (AvgIpc) is 2.97. The number of hydrogen-bond donors (Lipinski definition) is 1. The summed E-state index contributed by atoms with van der Waals surface area (Å²) in [7, 11) is 0. The molecular formula is C18H19N3. The van der Waals surface area contributed by atoms with Crippen LogP contribution in [0.1, 0.15) is 16.7 Å². The van der Waals surface area contributed by atoms with E-state index in [0.29, 0.717) is 6.54 Å². The Morgan fingerprint density at radius 3 is 2.29 bits per heavy atom. The fraction of sp³-hybridized carbons (Fsp3) is 0.167. The largest absolute Gasteiger partial charge is 0.326 e. The third-order valence-corrected chi connectivity index (χ3v) is 3.67. The molecule has 0 spiro atoms. The van der Waals surface area contributed by atoms with E-state index in [4.69, 9.17) is 5.73 Å². The number of nitrogens with two attached hydrogens (primary N) is 1. The first-order chi connectivity index (χ1) is 10.3. The monoisotopic (exact) mass is 277 g/mol. The van der Waals surface area contributed by atoms with Crippen LogP contribution in [0, 0.1) is 6.92 Å². The molecule has 21 heavy (non-hydrogen) atoms. The highest BCUT2D eigenvalue weighted by molar-refractivity contribution is 5.59. The molecule has 0 fully saturated rings. The smallest absolute Gasteiger partial charge is 0.0954 e. The minimum absolute atomic E-state index is 0.583. The van der Waals surface area contributed by atoms with Crippen molar-refractivity contribution in [1.82, 2.24) is 9.55 Å². The Morgan fingerprint density at radius 1 is 0.952 bits per heavy atom. The molecule has 0 amide bonds. The lowest BCUT2D eigenvalue weighted by atomic mass is 10.1. The lowest BCUT2D eigenvalue weighted by Gasteiger charge is -2.09. The molecule has 0 saturated carbocycles. The Balaban J connectivity index is 1.86. The number of aromatic nitrogens is 2. The predicted molar refractivity (Wildman–Crippen MR) is 85.8 cm³/mol. The fourth-order valence-electron chi connectivity index (χ4n) is 2.39. The fourth-order valence-corrected chi connectivity index (χ4v) is 2.39. The summed E-state index contributed by atoms with van der Waals surface area (Å²) in [6, 6.07) is 16.9. The molecule has 1 aromatic heterocycles. The summed E-state index contributed by atoms with van der Waals surface area (Å²) < 4.78 is 2.17. The zero-order chi connectivity index (χ0) is 14.7. The normalized spacial score (nSPS) is 10.8. The topological polar surface area (TPSA) is 43.8 Å². The second kappa shape index (κ2) is 5.94. The standard InChI is InChI=1S/C18H19N3/c1-14-2-8-17(9-3-14)18-11-20-13-21(18)12-16-6-4-15(10-19)5-7-16/h2-9,11,13H,10,12,19H2,1H3. The van der Waals surface area contributed by atoms with Crippen molar-refractivity contribution in [3.05, 3.63) is 77.7 Å². The minimum Gasteiger partial charge on any atom is -0.326 e. The van der Waals surface area contributed by atoms with Crippen molar-refractivity contribution in [3.63, 3.8) is 0 Å². The maximum Gasteiger partial charge on any atom is 0.0954 e. The zero-order valence-electron chi connectivity index (χ0n) is 12.2. The van der Waals surface area contributed by atoms with Crippen LogP contribution in [-0.2, 0) is 13.1 Å². The number of aryl methyl sites for hydroxylation is 1. The molecule has 0 bridgehead atoms. The van der Waals surface area contributed by atoms with Gasteiger partial charge in [-0.05, 0) is 23.6 Å². The second-order valence-corrected chi connectivity index (χ2v) is 5.29. The lowest BCUT2D eigenvalue weighted by molar-refractivity contribution is 0.804. The van der Waals surface area contributed by atoms with E-state index < -0.39 is 0 Å². The predicted octanol–water partition coefficient (Wildman–Crippen LogP) is 3.37. The summed E-state index contributed by atoms with van der Waals surface area (Å²) in [4.78, 5) is 4.29. The summed E-state index contributed by atoms with van der Waals surface area (Å²) in [6.07, 6.45) is 3.80. The van der Waals surface area contributed by atoms with Gasteiger partial charge in [-0.3, -0.25) is 0 Å². The van der Waals surface area contributed by atoms with E-state index in [0.717, 1.165) is 17.8 Å². The van der Waals surface area contributed by atoms with E-state index in [-0.39, 0.29) is 0 Å². The molecule has 3 rings (SSSR count). The highest BCUT2D eigenvalue weighted by Gasteiger charge is 2.05. The van der Waals surface area contributed by atoms with Gasteiger partial charge in [-0.2, -0.15) is 0 Å². The maximum absolute atomic E-state index is 5.63. The van der Waals surface area contributed by atoms with Crippen molar-refractivity contribution in [2.45, 2.75) is 20.0 Å². The highest BCUT2D eigenvalue weighted by atomic mass is 15.0. The summed E-state index contributed by atoms with van der Waals surface area (Å²) in [6.45, 7) is 3.49. The molecule has 0 unspecified atom stereocenters. The van der Waals surface area contributed by atoms with Gasteiger partial charge < -0.3 is 10.3 Å². The zero-order valence-corrected chi connectivity index (χ0v) is 12.2. The van der Waals surface area contributed by atoms with E-state index in [1.807, 2.05) is 12.5 Å². The first-order valence-corrected chi connectivity index (χ1v) is 7.11. The molecule has 0 radical (unpaired) electrons. The van der Waals surface area contributed by atoms with Crippen LogP contribution >= 0.6 is 0 Å². The number of imidazole rings is 1. The van der Waals surface area contributed by atoms with Crippen molar-refractivity contribution in [2.75, 3.05) is 0 Å². The molecular weight excluding hydrogens is 258 g/mol. The van der Waals surface area contributed by atoms with Crippen molar-refractivity contribution in [2.24, 2.45) is 5.73 Å². The van der Waals surface area contributed by atoms with Gasteiger partial charge >= 0.3 is 0 Å². The molecule has 0 aliphatic carbocycles. The van der Waals surface area contributed by atoms with Gasteiger partial charge in [0, 0.05) is 13.1 Å². The Kier molecular flexibility index (Phi) is 3.84. The Morgan fingerprint density at radius 2 is 1.62 bits per heavy atom. The SMILES string of the molecule is Cc1ccc(-c2cncn2Cc2ccc(CN)cc2)cc1. The molecule has 3 nitrogen and oxygen atoms in total. The van der Waals surface area contributed by atoms with Crippen LogP contribution in [0.2, 0.25) is 0 Å².